The first-order chi connectivity index (χ1) is 14.7. The molecule has 1 aromatic carbocycles. The van der Waals surface area contributed by atoms with Crippen LogP contribution in [0.4, 0.5) is 0 Å². The Morgan fingerprint density at radius 3 is 2.45 bits per heavy atom. The molecule has 1 amide bonds. The fourth-order valence-electron chi connectivity index (χ4n) is 4.32. The van der Waals surface area contributed by atoms with Gasteiger partial charge in [0.1, 0.15) is 0 Å². The molecule has 0 radical (unpaired) electrons. The quantitative estimate of drug-likeness (QED) is 0.472. The Labute approximate surface area is 181 Å². The summed E-state index contributed by atoms with van der Waals surface area (Å²) in [4.78, 5) is 34.2. The molecule has 8 nitrogen and oxygen atoms in total. The van der Waals surface area contributed by atoms with Gasteiger partial charge in [0, 0.05) is 34.2 Å². The van der Waals surface area contributed by atoms with Gasteiger partial charge in [-0.3, -0.25) is 4.79 Å². The number of benzene rings is 1. The predicted molar refractivity (Wildman–Crippen MR) is 117 cm³/mol. The van der Waals surface area contributed by atoms with Crippen LogP contribution in [0.15, 0.2) is 18.2 Å². The van der Waals surface area contributed by atoms with Crippen molar-refractivity contribution in [3.63, 3.8) is 0 Å². The van der Waals surface area contributed by atoms with E-state index in [1.165, 1.54) is 29.5 Å². The molecule has 8 heteroatoms. The van der Waals surface area contributed by atoms with E-state index in [0.29, 0.717) is 17.9 Å². The summed E-state index contributed by atoms with van der Waals surface area (Å²) in [6.45, 7) is 4.58. The number of amides is 1. The first-order valence-electron chi connectivity index (χ1n) is 10.9. The Morgan fingerprint density at radius 2 is 1.90 bits per heavy atom. The Morgan fingerprint density at radius 1 is 1.23 bits per heavy atom. The number of fused-ring (bicyclic) bond motifs is 3. The number of rotatable bonds is 4. The molecule has 3 atom stereocenters. The molecule has 4 rings (SSSR count). The van der Waals surface area contributed by atoms with Gasteiger partial charge in [-0.05, 0) is 67.7 Å². The van der Waals surface area contributed by atoms with Crippen molar-refractivity contribution < 1.29 is 24.6 Å². The van der Waals surface area contributed by atoms with Crippen LogP contribution in [0.25, 0.3) is 10.9 Å². The van der Waals surface area contributed by atoms with Crippen LogP contribution in [-0.4, -0.2) is 39.1 Å². The molecule has 1 saturated carbocycles. The summed E-state index contributed by atoms with van der Waals surface area (Å²) >= 11 is 0. The minimum atomic E-state index is -1.82. The number of H-pyrrole nitrogens is 1. The Hall–Kier alpha value is -2.87. The van der Waals surface area contributed by atoms with Gasteiger partial charge >= 0.3 is 11.9 Å². The molecule has 0 bridgehead atoms. The fourth-order valence-corrected chi connectivity index (χ4v) is 4.32. The number of carboxylic acids is 2. The van der Waals surface area contributed by atoms with Gasteiger partial charge in [-0.2, -0.15) is 0 Å². The Balaban J connectivity index is 0.000000401. The van der Waals surface area contributed by atoms with E-state index < -0.39 is 11.9 Å². The van der Waals surface area contributed by atoms with Gasteiger partial charge in [0.25, 0.3) is 5.91 Å². The molecular formula is C23H31N3O5. The molecule has 6 N–H and O–H groups in total. The predicted octanol–water partition coefficient (Wildman–Crippen LogP) is 3.21. The molecule has 168 valence electrons. The zero-order valence-corrected chi connectivity index (χ0v) is 18.0. The van der Waals surface area contributed by atoms with Crippen molar-refractivity contribution in [1.29, 1.82) is 0 Å². The molecule has 2 aliphatic carbocycles. The lowest BCUT2D eigenvalue weighted by Crippen LogP contribution is -2.39. The summed E-state index contributed by atoms with van der Waals surface area (Å²) in [7, 11) is 0. The molecule has 2 aliphatic rings. The summed E-state index contributed by atoms with van der Waals surface area (Å²) in [5, 5.41) is 19.1. The van der Waals surface area contributed by atoms with Crippen LogP contribution in [0.2, 0.25) is 0 Å². The molecular weight excluding hydrogens is 398 g/mol. The van der Waals surface area contributed by atoms with Crippen molar-refractivity contribution in [2.45, 2.75) is 64.5 Å². The van der Waals surface area contributed by atoms with Gasteiger partial charge in [-0.25, -0.2) is 9.59 Å². The molecule has 0 spiro atoms. The fraction of sp³-hybridized carbons (Fsp3) is 0.522. The van der Waals surface area contributed by atoms with E-state index in [1.54, 1.807) is 0 Å². The number of aromatic nitrogens is 1. The minimum absolute atomic E-state index is 0.0557. The van der Waals surface area contributed by atoms with E-state index in [2.05, 4.69) is 30.2 Å². The number of aromatic amines is 1. The highest BCUT2D eigenvalue weighted by atomic mass is 16.4. The number of nitrogens with two attached hydrogens (primary N) is 1. The van der Waals surface area contributed by atoms with Gasteiger partial charge in [0.2, 0.25) is 0 Å². The minimum Gasteiger partial charge on any atom is -0.473 e. The molecule has 2 aromatic rings. The van der Waals surface area contributed by atoms with E-state index in [1.807, 2.05) is 12.1 Å². The highest BCUT2D eigenvalue weighted by Gasteiger charge is 2.30. The van der Waals surface area contributed by atoms with E-state index in [4.69, 9.17) is 25.5 Å². The number of hydrogen-bond acceptors (Lipinski definition) is 4. The molecule has 0 saturated heterocycles. The molecule has 1 heterocycles. The number of carbonyl (C=O) groups excluding carboxylic acids is 1. The molecule has 1 aromatic heterocycles. The van der Waals surface area contributed by atoms with Gasteiger partial charge in [-0.1, -0.05) is 20.3 Å². The maximum Gasteiger partial charge on any atom is 0.414 e. The van der Waals surface area contributed by atoms with Crippen LogP contribution in [0.1, 0.15) is 73.6 Å². The normalized spacial score (nSPS) is 21.3. The topological polar surface area (TPSA) is 146 Å². The lowest BCUT2D eigenvalue weighted by atomic mass is 9.76. The first kappa shape index (κ1) is 22.8. The van der Waals surface area contributed by atoms with Crippen LogP contribution >= 0.6 is 0 Å². The third-order valence-electron chi connectivity index (χ3n) is 6.67. The average Bonchev–Trinajstić information content (AvgIpc) is 3.08. The highest BCUT2D eigenvalue weighted by Crippen LogP contribution is 2.39. The van der Waals surface area contributed by atoms with Crippen LogP contribution in [-0.2, 0) is 16.0 Å². The third kappa shape index (κ3) is 5.07. The van der Waals surface area contributed by atoms with Gasteiger partial charge in [0.15, 0.2) is 0 Å². The Kier molecular flexibility index (Phi) is 7.00. The number of nitrogens with one attached hydrogen (secondary N) is 2. The lowest BCUT2D eigenvalue weighted by molar-refractivity contribution is -0.159. The maximum absolute atomic E-state index is 12.5. The van der Waals surface area contributed by atoms with Gasteiger partial charge in [-0.15, -0.1) is 0 Å². The van der Waals surface area contributed by atoms with Gasteiger partial charge < -0.3 is 26.2 Å². The van der Waals surface area contributed by atoms with Crippen LogP contribution in [0.3, 0.4) is 0 Å². The number of aliphatic carboxylic acids is 2. The Bertz CT molecular complexity index is 967. The van der Waals surface area contributed by atoms with Crippen LogP contribution in [0, 0.1) is 11.8 Å². The monoisotopic (exact) mass is 429 g/mol. The first-order valence-corrected chi connectivity index (χ1v) is 10.9. The average molecular weight is 430 g/mol. The number of carboxylic acid groups (broad SMARTS) is 2. The SMILES string of the molecule is CCC(C)C1Cc2c([nH]c3ccc(C(=O)NC4CCC4)cc23)C(N)C1.O=C(O)C(=O)O. The van der Waals surface area contributed by atoms with E-state index in [9.17, 15) is 4.79 Å². The lowest BCUT2D eigenvalue weighted by Gasteiger charge is -2.31. The molecule has 3 unspecified atom stereocenters. The van der Waals surface area contributed by atoms with E-state index in [0.717, 1.165) is 36.8 Å². The second-order valence-electron chi connectivity index (χ2n) is 8.68. The smallest absolute Gasteiger partial charge is 0.414 e. The van der Waals surface area contributed by atoms with Crippen molar-refractivity contribution in [3.8, 4) is 0 Å². The van der Waals surface area contributed by atoms with Crippen molar-refractivity contribution in [3.05, 3.63) is 35.0 Å². The van der Waals surface area contributed by atoms with E-state index >= 15 is 0 Å². The molecule has 1 fully saturated rings. The van der Waals surface area contributed by atoms with Crippen molar-refractivity contribution >= 4 is 28.7 Å². The summed E-state index contributed by atoms with van der Waals surface area (Å²) in [6, 6.07) is 6.46. The zero-order valence-electron chi connectivity index (χ0n) is 18.0. The second-order valence-corrected chi connectivity index (χ2v) is 8.68. The molecule has 0 aliphatic heterocycles. The summed E-state index contributed by atoms with van der Waals surface area (Å²) in [5.41, 5.74) is 10.8. The summed E-state index contributed by atoms with van der Waals surface area (Å²) in [6.07, 6.45) is 6.74. The molecule has 31 heavy (non-hydrogen) atoms. The highest BCUT2D eigenvalue weighted by molar-refractivity contribution is 6.27. The summed E-state index contributed by atoms with van der Waals surface area (Å²) < 4.78 is 0. The maximum atomic E-state index is 12.5. The standard InChI is InChI=1S/C21H29N3O.C2H2O4/c1-3-12(2)14-10-17-16-9-13(21(25)23-15-5-4-6-15)7-8-19(16)24-20(17)18(22)11-14;3-1(4)2(5)6/h7-9,12,14-15,18,24H,3-6,10-11,22H2,1-2H3,(H,23,25);(H,3,4)(H,5,6). The second kappa shape index (κ2) is 9.51. The van der Waals surface area contributed by atoms with E-state index in [-0.39, 0.29) is 11.9 Å². The third-order valence-corrected chi connectivity index (χ3v) is 6.67. The van der Waals surface area contributed by atoms with Gasteiger partial charge in [0.05, 0.1) is 0 Å². The summed E-state index contributed by atoms with van der Waals surface area (Å²) in [5.74, 6) is -2.29. The van der Waals surface area contributed by atoms with Crippen molar-refractivity contribution in [2.24, 2.45) is 17.6 Å². The number of hydrogen-bond donors (Lipinski definition) is 5. The zero-order chi connectivity index (χ0) is 22.7. The van der Waals surface area contributed by atoms with Crippen LogP contribution < -0.4 is 11.1 Å². The van der Waals surface area contributed by atoms with Crippen molar-refractivity contribution in [1.82, 2.24) is 10.3 Å². The van der Waals surface area contributed by atoms with Crippen LogP contribution in [0.5, 0.6) is 0 Å². The van der Waals surface area contributed by atoms with Crippen molar-refractivity contribution in [2.75, 3.05) is 0 Å². The number of carbonyl (C=O) groups is 3. The largest absolute Gasteiger partial charge is 0.473 e.